The second-order valence-electron chi connectivity index (χ2n) is 5.24. The second kappa shape index (κ2) is 6.21. The number of imide groups is 1. The first kappa shape index (κ1) is 15.2. The van der Waals surface area contributed by atoms with Crippen LogP contribution in [0.5, 0.6) is 0 Å². The summed E-state index contributed by atoms with van der Waals surface area (Å²) >= 11 is 0. The molecule has 0 radical (unpaired) electrons. The average molecular weight is 315 g/mol. The SMILES string of the molecule is CCCc1nc2ccc(NC3=CC(=O)N(CCO)C3=O)cc2o1. The summed E-state index contributed by atoms with van der Waals surface area (Å²) in [7, 11) is 0. The molecule has 0 spiro atoms. The lowest BCUT2D eigenvalue weighted by Crippen LogP contribution is -2.34. The first-order valence-corrected chi connectivity index (χ1v) is 7.47. The van der Waals surface area contributed by atoms with Gasteiger partial charge in [0.1, 0.15) is 11.2 Å². The molecule has 7 heteroatoms. The van der Waals surface area contributed by atoms with Crippen LogP contribution in [0.15, 0.2) is 34.4 Å². The zero-order chi connectivity index (χ0) is 16.4. The summed E-state index contributed by atoms with van der Waals surface area (Å²) in [6.45, 7) is 1.78. The van der Waals surface area contributed by atoms with E-state index in [1.807, 2.05) is 0 Å². The predicted molar refractivity (Wildman–Crippen MR) is 83.5 cm³/mol. The van der Waals surface area contributed by atoms with Crippen LogP contribution in [0, 0.1) is 0 Å². The van der Waals surface area contributed by atoms with Gasteiger partial charge >= 0.3 is 0 Å². The number of nitrogens with one attached hydrogen (secondary N) is 1. The Morgan fingerprint density at radius 1 is 1.35 bits per heavy atom. The van der Waals surface area contributed by atoms with Crippen LogP contribution in [-0.4, -0.2) is 40.0 Å². The fourth-order valence-corrected chi connectivity index (χ4v) is 2.44. The van der Waals surface area contributed by atoms with Gasteiger partial charge in [0.25, 0.3) is 11.8 Å². The van der Waals surface area contributed by atoms with Crippen LogP contribution in [0.2, 0.25) is 0 Å². The molecule has 0 saturated heterocycles. The number of benzene rings is 1. The zero-order valence-electron chi connectivity index (χ0n) is 12.7. The van der Waals surface area contributed by atoms with Crippen molar-refractivity contribution in [1.82, 2.24) is 9.88 Å². The monoisotopic (exact) mass is 315 g/mol. The molecule has 0 bridgehead atoms. The number of nitrogens with zero attached hydrogens (tertiary/aromatic N) is 2. The molecule has 3 rings (SSSR count). The molecule has 2 aromatic rings. The highest BCUT2D eigenvalue weighted by molar-refractivity contribution is 6.17. The molecule has 0 unspecified atom stereocenters. The van der Waals surface area contributed by atoms with E-state index >= 15 is 0 Å². The minimum Gasteiger partial charge on any atom is -0.441 e. The van der Waals surface area contributed by atoms with Gasteiger partial charge in [-0.3, -0.25) is 14.5 Å². The van der Waals surface area contributed by atoms with Crippen LogP contribution < -0.4 is 5.32 Å². The van der Waals surface area contributed by atoms with Crippen molar-refractivity contribution < 1.29 is 19.1 Å². The number of aryl methyl sites for hydroxylation is 1. The molecule has 7 nitrogen and oxygen atoms in total. The van der Waals surface area contributed by atoms with Crippen LogP contribution in [0.3, 0.4) is 0 Å². The van der Waals surface area contributed by atoms with Crippen molar-refractivity contribution in [3.05, 3.63) is 35.9 Å². The Morgan fingerprint density at radius 2 is 2.17 bits per heavy atom. The molecule has 2 amide bonds. The van der Waals surface area contributed by atoms with Crippen molar-refractivity contribution in [2.75, 3.05) is 18.5 Å². The minimum atomic E-state index is -0.451. The number of aliphatic hydroxyl groups excluding tert-OH is 1. The third-order valence-electron chi connectivity index (χ3n) is 3.51. The van der Waals surface area contributed by atoms with Gasteiger partial charge in [0.2, 0.25) is 0 Å². The van der Waals surface area contributed by atoms with Crippen LogP contribution in [0.1, 0.15) is 19.2 Å². The van der Waals surface area contributed by atoms with E-state index in [1.165, 1.54) is 6.08 Å². The van der Waals surface area contributed by atoms with E-state index < -0.39 is 11.8 Å². The smallest absolute Gasteiger partial charge is 0.277 e. The number of β-amino-alcohol motifs (C(OH)–C–C–N with tert-alkyl or cyclic N) is 1. The maximum Gasteiger partial charge on any atom is 0.277 e. The molecule has 2 heterocycles. The fourth-order valence-electron chi connectivity index (χ4n) is 2.44. The third kappa shape index (κ3) is 2.95. The van der Waals surface area contributed by atoms with Gasteiger partial charge < -0.3 is 14.8 Å². The van der Waals surface area contributed by atoms with Crippen LogP contribution in [0.25, 0.3) is 11.1 Å². The summed E-state index contributed by atoms with van der Waals surface area (Å²) in [5, 5.41) is 11.8. The number of amides is 2. The molecule has 120 valence electrons. The van der Waals surface area contributed by atoms with E-state index in [0.29, 0.717) is 17.2 Å². The van der Waals surface area contributed by atoms with Crippen molar-refractivity contribution in [1.29, 1.82) is 0 Å². The summed E-state index contributed by atoms with van der Waals surface area (Å²) in [6, 6.07) is 5.32. The lowest BCUT2D eigenvalue weighted by molar-refractivity contribution is -0.137. The molecule has 0 saturated carbocycles. The van der Waals surface area contributed by atoms with Crippen LogP contribution in [0.4, 0.5) is 5.69 Å². The lowest BCUT2D eigenvalue weighted by Gasteiger charge is -2.13. The molecule has 1 aliphatic rings. The average Bonchev–Trinajstić information content (AvgIpc) is 3.03. The van der Waals surface area contributed by atoms with Crippen molar-refractivity contribution >= 4 is 28.6 Å². The highest BCUT2D eigenvalue weighted by atomic mass is 16.3. The summed E-state index contributed by atoms with van der Waals surface area (Å²) in [4.78, 5) is 29.2. The molecule has 0 fully saturated rings. The summed E-state index contributed by atoms with van der Waals surface area (Å²) in [5.74, 6) is -0.203. The second-order valence-corrected chi connectivity index (χ2v) is 5.24. The number of aromatic nitrogens is 1. The Labute approximate surface area is 132 Å². The van der Waals surface area contributed by atoms with Crippen molar-refractivity contribution in [2.24, 2.45) is 0 Å². The van der Waals surface area contributed by atoms with Crippen molar-refractivity contribution in [2.45, 2.75) is 19.8 Å². The largest absolute Gasteiger partial charge is 0.441 e. The molecule has 0 aliphatic carbocycles. The summed E-state index contributed by atoms with van der Waals surface area (Å²) in [5.41, 5.74) is 2.19. The summed E-state index contributed by atoms with van der Waals surface area (Å²) < 4.78 is 5.66. The number of aliphatic hydroxyl groups is 1. The number of rotatable bonds is 6. The van der Waals surface area contributed by atoms with Crippen LogP contribution >= 0.6 is 0 Å². The fraction of sp³-hybridized carbons (Fsp3) is 0.312. The minimum absolute atomic E-state index is 0.0130. The number of oxazole rings is 1. The van der Waals surface area contributed by atoms with E-state index in [4.69, 9.17) is 9.52 Å². The Kier molecular flexibility index (Phi) is 4.12. The van der Waals surface area contributed by atoms with Gasteiger partial charge in [-0.2, -0.15) is 0 Å². The van der Waals surface area contributed by atoms with Gasteiger partial charge in [-0.1, -0.05) is 6.92 Å². The van der Waals surface area contributed by atoms with E-state index in [-0.39, 0.29) is 18.8 Å². The van der Waals surface area contributed by atoms with Gasteiger partial charge in [0, 0.05) is 24.3 Å². The van der Waals surface area contributed by atoms with E-state index in [2.05, 4.69) is 17.2 Å². The lowest BCUT2D eigenvalue weighted by atomic mass is 10.2. The molecule has 23 heavy (non-hydrogen) atoms. The van der Waals surface area contributed by atoms with E-state index in [0.717, 1.165) is 23.3 Å². The van der Waals surface area contributed by atoms with Gasteiger partial charge in [0.05, 0.1) is 13.2 Å². The van der Waals surface area contributed by atoms with Gasteiger partial charge in [-0.05, 0) is 18.6 Å². The molecule has 2 N–H and O–H groups in total. The van der Waals surface area contributed by atoms with E-state index in [9.17, 15) is 9.59 Å². The molecule has 1 aromatic heterocycles. The molecule has 1 aliphatic heterocycles. The van der Waals surface area contributed by atoms with Crippen molar-refractivity contribution in [3.8, 4) is 0 Å². The number of carbonyl (C=O) groups is 2. The summed E-state index contributed by atoms with van der Waals surface area (Å²) in [6.07, 6.45) is 2.94. The zero-order valence-corrected chi connectivity index (χ0v) is 12.7. The van der Waals surface area contributed by atoms with Gasteiger partial charge in [0.15, 0.2) is 11.5 Å². The first-order chi connectivity index (χ1) is 11.1. The Morgan fingerprint density at radius 3 is 2.91 bits per heavy atom. The Balaban J connectivity index is 1.80. The van der Waals surface area contributed by atoms with Crippen molar-refractivity contribution in [3.63, 3.8) is 0 Å². The molecule has 1 aromatic carbocycles. The molecule has 0 atom stereocenters. The number of anilines is 1. The van der Waals surface area contributed by atoms with Gasteiger partial charge in [-0.25, -0.2) is 4.98 Å². The molecular formula is C16H17N3O4. The van der Waals surface area contributed by atoms with Crippen LogP contribution in [-0.2, 0) is 16.0 Å². The maximum atomic E-state index is 12.1. The topological polar surface area (TPSA) is 95.7 Å². The number of fused-ring (bicyclic) bond motifs is 1. The Hall–Kier alpha value is -2.67. The number of hydrogen-bond donors (Lipinski definition) is 2. The maximum absolute atomic E-state index is 12.1. The number of carbonyl (C=O) groups excluding carboxylic acids is 2. The first-order valence-electron chi connectivity index (χ1n) is 7.47. The highest BCUT2D eigenvalue weighted by Gasteiger charge is 2.30. The molecular weight excluding hydrogens is 298 g/mol. The standard InChI is InChI=1S/C16H17N3O4/c1-2-3-14-18-11-5-4-10(8-13(11)23-14)17-12-9-15(21)19(6-7-20)16(12)22/h4-5,8-9,17,20H,2-3,6-7H2,1H3. The van der Waals surface area contributed by atoms with Gasteiger partial charge in [-0.15, -0.1) is 0 Å². The highest BCUT2D eigenvalue weighted by Crippen LogP contribution is 2.23. The number of hydrogen-bond acceptors (Lipinski definition) is 6. The predicted octanol–water partition coefficient (Wildman–Crippen LogP) is 1.44. The third-order valence-corrected chi connectivity index (χ3v) is 3.51. The van der Waals surface area contributed by atoms with E-state index in [1.54, 1.807) is 18.2 Å². The Bertz CT molecular complexity index is 794. The normalized spacial score (nSPS) is 14.7. The quantitative estimate of drug-likeness (QED) is 0.783.